The van der Waals surface area contributed by atoms with E-state index in [-0.39, 0.29) is 11.9 Å². The van der Waals surface area contributed by atoms with Gasteiger partial charge in [-0.25, -0.2) is 0 Å². The first-order valence-electron chi connectivity index (χ1n) is 7.26. The van der Waals surface area contributed by atoms with Gasteiger partial charge in [-0.15, -0.1) is 11.3 Å². The lowest BCUT2D eigenvalue weighted by atomic mass is 10.1. The van der Waals surface area contributed by atoms with E-state index in [1.54, 1.807) is 6.07 Å². The molecule has 2 saturated heterocycles. The molecule has 1 amide bonds. The largest absolute Gasteiger partial charge is 0.301 e. The zero-order valence-electron chi connectivity index (χ0n) is 12.1. The van der Waals surface area contributed by atoms with Crippen LogP contribution in [-0.2, 0) is 4.79 Å². The number of carbonyl (C=O) groups excluding carboxylic acids is 1. The number of anilines is 1. The van der Waals surface area contributed by atoms with E-state index in [0.717, 1.165) is 37.0 Å². The van der Waals surface area contributed by atoms with Gasteiger partial charge < -0.3 is 4.90 Å². The maximum absolute atomic E-state index is 12.7. The molecule has 4 nitrogen and oxygen atoms in total. The van der Waals surface area contributed by atoms with Gasteiger partial charge in [-0.3, -0.25) is 9.69 Å². The van der Waals surface area contributed by atoms with Crippen molar-refractivity contribution in [2.75, 3.05) is 36.5 Å². The van der Waals surface area contributed by atoms with E-state index in [2.05, 4.69) is 17.2 Å². The third-order valence-electron chi connectivity index (χ3n) is 4.35. The zero-order valence-corrected chi connectivity index (χ0v) is 13.8. The van der Waals surface area contributed by atoms with Crippen LogP contribution in [0.15, 0.2) is 11.4 Å². The normalized spacial score (nSPS) is 26.5. The Kier molecular flexibility index (Phi) is 4.53. The number of thiophene rings is 1. The third-order valence-corrected chi connectivity index (χ3v) is 6.09. The summed E-state index contributed by atoms with van der Waals surface area (Å²) >= 11 is 3.38. The van der Waals surface area contributed by atoms with Gasteiger partial charge in [0.1, 0.15) is 11.1 Å². The topological polar surface area (TPSA) is 47.3 Å². The van der Waals surface area contributed by atoms with Gasteiger partial charge >= 0.3 is 0 Å². The van der Waals surface area contributed by atoms with Crippen molar-refractivity contribution in [3.05, 3.63) is 17.0 Å². The summed E-state index contributed by atoms with van der Waals surface area (Å²) in [6.07, 6.45) is 4.23. The van der Waals surface area contributed by atoms with Crippen LogP contribution in [0.5, 0.6) is 0 Å². The molecule has 0 aromatic carbocycles. The Morgan fingerprint density at radius 3 is 3.10 bits per heavy atom. The van der Waals surface area contributed by atoms with Gasteiger partial charge in [-0.2, -0.15) is 17.0 Å². The van der Waals surface area contributed by atoms with Crippen LogP contribution >= 0.6 is 23.1 Å². The van der Waals surface area contributed by atoms with E-state index in [9.17, 15) is 4.79 Å². The van der Waals surface area contributed by atoms with Gasteiger partial charge in [0.05, 0.1) is 11.6 Å². The standard InChI is InChI=1S/C15H19N3OS2/c1-20-10-11-2-5-17(9-11)13-3-6-18(14(13)19)15-12(8-16)4-7-21-15/h4,7,11,13H,2-3,5-6,9-10H2,1H3/t11-,13+/m0/s1. The van der Waals surface area contributed by atoms with E-state index < -0.39 is 0 Å². The molecule has 3 heterocycles. The molecule has 6 heteroatoms. The average molecular weight is 321 g/mol. The number of rotatable bonds is 4. The van der Waals surface area contributed by atoms with Crippen LogP contribution in [0.2, 0.25) is 0 Å². The van der Waals surface area contributed by atoms with E-state index in [0.29, 0.717) is 5.56 Å². The second kappa shape index (κ2) is 6.39. The smallest absolute Gasteiger partial charge is 0.245 e. The van der Waals surface area contributed by atoms with E-state index in [4.69, 9.17) is 5.26 Å². The van der Waals surface area contributed by atoms with Crippen molar-refractivity contribution in [2.45, 2.75) is 18.9 Å². The minimum Gasteiger partial charge on any atom is -0.301 e. The molecular weight excluding hydrogens is 302 g/mol. The molecule has 0 bridgehead atoms. The molecule has 2 atom stereocenters. The van der Waals surface area contributed by atoms with Crippen LogP contribution in [-0.4, -0.2) is 48.5 Å². The van der Waals surface area contributed by atoms with Gasteiger partial charge in [0.25, 0.3) is 0 Å². The molecule has 2 fully saturated rings. The monoisotopic (exact) mass is 321 g/mol. The van der Waals surface area contributed by atoms with Crippen molar-refractivity contribution < 1.29 is 4.79 Å². The molecule has 3 rings (SSSR count). The highest BCUT2D eigenvalue weighted by Crippen LogP contribution is 2.33. The fourth-order valence-corrected chi connectivity index (χ4v) is 4.94. The summed E-state index contributed by atoms with van der Waals surface area (Å²) in [7, 11) is 0. The Morgan fingerprint density at radius 1 is 1.48 bits per heavy atom. The molecule has 1 aromatic rings. The minimum atomic E-state index is 0.0190. The summed E-state index contributed by atoms with van der Waals surface area (Å²) in [5, 5.41) is 11.8. The lowest BCUT2D eigenvalue weighted by molar-refractivity contribution is -0.121. The van der Waals surface area contributed by atoms with Gasteiger partial charge in [-0.05, 0) is 48.8 Å². The molecule has 0 radical (unpaired) electrons. The van der Waals surface area contributed by atoms with Crippen molar-refractivity contribution in [3.8, 4) is 6.07 Å². The Balaban J connectivity index is 1.69. The number of nitrogens with zero attached hydrogens (tertiary/aromatic N) is 3. The van der Waals surface area contributed by atoms with Gasteiger partial charge in [0.2, 0.25) is 5.91 Å². The summed E-state index contributed by atoms with van der Waals surface area (Å²) in [5.74, 6) is 2.09. The third kappa shape index (κ3) is 2.83. The SMILES string of the molecule is CSC[C@H]1CCN([C@@H]2CCN(c3sccc3C#N)C2=O)C1. The molecule has 0 saturated carbocycles. The number of likely N-dealkylation sites (tertiary alicyclic amines) is 1. The predicted octanol–water partition coefficient (Wildman–Crippen LogP) is 2.41. The molecule has 0 unspecified atom stereocenters. The van der Waals surface area contributed by atoms with Crippen LogP contribution in [0.4, 0.5) is 5.00 Å². The lowest BCUT2D eigenvalue weighted by Gasteiger charge is -2.23. The Bertz CT molecular complexity index is 566. The van der Waals surface area contributed by atoms with Gasteiger partial charge in [0, 0.05) is 13.1 Å². The summed E-state index contributed by atoms with van der Waals surface area (Å²) in [4.78, 5) is 16.9. The second-order valence-electron chi connectivity index (χ2n) is 5.65. The van der Waals surface area contributed by atoms with Crippen molar-refractivity contribution in [3.63, 3.8) is 0 Å². The van der Waals surface area contributed by atoms with E-state index in [1.165, 1.54) is 23.5 Å². The Labute approximate surface area is 133 Å². The van der Waals surface area contributed by atoms with E-state index in [1.807, 2.05) is 22.0 Å². The van der Waals surface area contributed by atoms with E-state index >= 15 is 0 Å². The van der Waals surface area contributed by atoms with Crippen molar-refractivity contribution in [1.82, 2.24) is 4.90 Å². The van der Waals surface area contributed by atoms with Crippen molar-refractivity contribution >= 4 is 34.0 Å². The number of thioether (sulfide) groups is 1. The number of hydrogen-bond acceptors (Lipinski definition) is 5. The minimum absolute atomic E-state index is 0.0190. The molecule has 2 aliphatic heterocycles. The fourth-order valence-electron chi connectivity index (χ4n) is 3.32. The number of carbonyl (C=O) groups is 1. The summed E-state index contributed by atoms with van der Waals surface area (Å²) in [6.45, 7) is 2.81. The van der Waals surface area contributed by atoms with Crippen molar-refractivity contribution in [2.24, 2.45) is 5.92 Å². The highest BCUT2D eigenvalue weighted by Gasteiger charge is 2.40. The highest BCUT2D eigenvalue weighted by atomic mass is 32.2. The number of nitriles is 1. The molecule has 0 N–H and O–H groups in total. The van der Waals surface area contributed by atoms with Crippen LogP contribution in [0.25, 0.3) is 0 Å². The van der Waals surface area contributed by atoms with Crippen LogP contribution in [0.3, 0.4) is 0 Å². The quantitative estimate of drug-likeness (QED) is 0.854. The molecule has 21 heavy (non-hydrogen) atoms. The first-order valence-corrected chi connectivity index (χ1v) is 9.54. The molecule has 0 spiro atoms. The van der Waals surface area contributed by atoms with Crippen LogP contribution < -0.4 is 4.90 Å². The number of amides is 1. The maximum atomic E-state index is 12.7. The second-order valence-corrected chi connectivity index (χ2v) is 7.46. The molecule has 0 aliphatic carbocycles. The molecule has 1 aromatic heterocycles. The zero-order chi connectivity index (χ0) is 14.8. The van der Waals surface area contributed by atoms with Gasteiger partial charge in [0.15, 0.2) is 0 Å². The summed E-state index contributed by atoms with van der Waals surface area (Å²) in [5.41, 5.74) is 0.621. The summed E-state index contributed by atoms with van der Waals surface area (Å²) in [6, 6.07) is 4.00. The average Bonchev–Trinajstić information content (AvgIpc) is 3.17. The fraction of sp³-hybridized carbons (Fsp3) is 0.600. The molecular formula is C15H19N3OS2. The first-order chi connectivity index (χ1) is 10.2. The lowest BCUT2D eigenvalue weighted by Crippen LogP contribution is -2.40. The molecule has 2 aliphatic rings. The first kappa shape index (κ1) is 14.9. The summed E-state index contributed by atoms with van der Waals surface area (Å²) < 4.78 is 0. The van der Waals surface area contributed by atoms with Crippen LogP contribution in [0.1, 0.15) is 18.4 Å². The predicted molar refractivity (Wildman–Crippen MR) is 87.9 cm³/mol. The van der Waals surface area contributed by atoms with Crippen molar-refractivity contribution in [1.29, 1.82) is 5.26 Å². The highest BCUT2D eigenvalue weighted by molar-refractivity contribution is 7.98. The maximum Gasteiger partial charge on any atom is 0.245 e. The number of hydrogen-bond donors (Lipinski definition) is 0. The Hall–Kier alpha value is -1.03. The van der Waals surface area contributed by atoms with Gasteiger partial charge in [-0.1, -0.05) is 0 Å². The molecule has 112 valence electrons. The Morgan fingerprint density at radius 2 is 2.33 bits per heavy atom. The van der Waals surface area contributed by atoms with Crippen LogP contribution in [0, 0.1) is 17.2 Å².